The first-order valence-electron chi connectivity index (χ1n) is 6.00. The number of nitriles is 1. The summed E-state index contributed by atoms with van der Waals surface area (Å²) in [6.45, 7) is 0. The Balaban J connectivity index is 2.45. The molecule has 0 saturated carbocycles. The van der Waals surface area contributed by atoms with Gasteiger partial charge in [-0.25, -0.2) is 8.42 Å². The Kier molecular flexibility index (Phi) is 5.01. The zero-order chi connectivity index (χ0) is 16.3. The second kappa shape index (κ2) is 6.60. The predicted molar refractivity (Wildman–Crippen MR) is 88.4 cm³/mol. The highest BCUT2D eigenvalue weighted by Gasteiger charge is 2.20. The van der Waals surface area contributed by atoms with Gasteiger partial charge in [0, 0.05) is 26.4 Å². The monoisotopic (exact) mass is 398 g/mol. The molecule has 0 aliphatic heterocycles. The minimum Gasteiger partial charge on any atom is -0.280 e. The van der Waals surface area contributed by atoms with Crippen molar-refractivity contribution in [3.63, 3.8) is 0 Å². The molecule has 5 nitrogen and oxygen atoms in total. The number of hydrogen-bond acceptors (Lipinski definition) is 4. The van der Waals surface area contributed by atoms with Crippen LogP contribution in [0.2, 0.25) is 0 Å². The van der Waals surface area contributed by atoms with Crippen LogP contribution < -0.4 is 4.72 Å². The molecule has 2 aromatic rings. The second-order valence-corrected chi connectivity index (χ2v) is 8.20. The molecule has 0 spiro atoms. The van der Waals surface area contributed by atoms with Crippen LogP contribution in [-0.2, 0) is 20.8 Å². The van der Waals surface area contributed by atoms with Crippen molar-refractivity contribution in [2.45, 2.75) is 9.79 Å². The third kappa shape index (κ3) is 3.55. The first-order valence-corrected chi connectivity index (χ1v) is 9.83. The van der Waals surface area contributed by atoms with Crippen molar-refractivity contribution in [2.75, 3.05) is 11.0 Å². The number of anilines is 1. The highest BCUT2D eigenvalue weighted by molar-refractivity contribution is 9.10. The van der Waals surface area contributed by atoms with E-state index in [-0.39, 0.29) is 16.1 Å². The number of halogens is 1. The Hall–Kier alpha value is -1.69. The summed E-state index contributed by atoms with van der Waals surface area (Å²) in [6.07, 6.45) is 1.51. The summed E-state index contributed by atoms with van der Waals surface area (Å²) >= 11 is 3.16. The van der Waals surface area contributed by atoms with Gasteiger partial charge in [0.15, 0.2) is 0 Å². The molecule has 0 aromatic heterocycles. The summed E-state index contributed by atoms with van der Waals surface area (Å²) < 4.78 is 39.2. The van der Waals surface area contributed by atoms with E-state index >= 15 is 0 Å². The smallest absolute Gasteiger partial charge is 0.263 e. The number of rotatable bonds is 4. The standard InChI is InChI=1S/C14H11BrN2O3S2/c1-21(18)11-5-2-4-10(8-11)17-22(19,20)14-7-3-6-13(15)12(14)9-16/h2-8,17H,1H3/t21-/m1/s1. The topological polar surface area (TPSA) is 87.0 Å². The van der Waals surface area contributed by atoms with Gasteiger partial charge in [0.2, 0.25) is 0 Å². The van der Waals surface area contributed by atoms with Gasteiger partial charge in [0.05, 0.1) is 11.3 Å². The average Bonchev–Trinajstić information content (AvgIpc) is 2.46. The van der Waals surface area contributed by atoms with Crippen LogP contribution in [0.3, 0.4) is 0 Å². The predicted octanol–water partition coefficient (Wildman–Crippen LogP) is 2.86. The van der Waals surface area contributed by atoms with Crippen LogP contribution in [0.5, 0.6) is 0 Å². The lowest BCUT2D eigenvalue weighted by atomic mass is 10.2. The van der Waals surface area contributed by atoms with Gasteiger partial charge in [-0.05, 0) is 46.3 Å². The lowest BCUT2D eigenvalue weighted by molar-refractivity contribution is 0.601. The van der Waals surface area contributed by atoms with Crippen molar-refractivity contribution >= 4 is 42.4 Å². The van der Waals surface area contributed by atoms with Crippen molar-refractivity contribution in [3.8, 4) is 6.07 Å². The molecule has 2 rings (SSSR count). The van der Waals surface area contributed by atoms with Crippen LogP contribution >= 0.6 is 15.9 Å². The zero-order valence-electron chi connectivity index (χ0n) is 11.4. The van der Waals surface area contributed by atoms with Crippen molar-refractivity contribution in [1.82, 2.24) is 0 Å². The Bertz CT molecular complexity index is 889. The molecule has 0 aliphatic carbocycles. The van der Waals surface area contributed by atoms with Gasteiger partial charge in [-0.1, -0.05) is 12.1 Å². The van der Waals surface area contributed by atoms with E-state index in [0.29, 0.717) is 9.37 Å². The molecule has 8 heteroatoms. The van der Waals surface area contributed by atoms with Crippen molar-refractivity contribution < 1.29 is 12.6 Å². The van der Waals surface area contributed by atoms with Gasteiger partial charge < -0.3 is 0 Å². The highest BCUT2D eigenvalue weighted by Crippen LogP contribution is 2.25. The molecule has 22 heavy (non-hydrogen) atoms. The van der Waals surface area contributed by atoms with E-state index in [2.05, 4.69) is 20.7 Å². The van der Waals surface area contributed by atoms with Crippen LogP contribution in [0.1, 0.15) is 5.56 Å². The van der Waals surface area contributed by atoms with Gasteiger partial charge in [0.1, 0.15) is 11.0 Å². The quantitative estimate of drug-likeness (QED) is 0.857. The molecule has 1 atom stereocenters. The van der Waals surface area contributed by atoms with Gasteiger partial charge in [-0.3, -0.25) is 8.93 Å². The Morgan fingerprint density at radius 2 is 1.91 bits per heavy atom. The first-order chi connectivity index (χ1) is 10.3. The van der Waals surface area contributed by atoms with Crippen molar-refractivity contribution in [2.24, 2.45) is 0 Å². The van der Waals surface area contributed by atoms with Gasteiger partial charge in [-0.2, -0.15) is 5.26 Å². The van der Waals surface area contributed by atoms with E-state index in [1.165, 1.54) is 24.5 Å². The number of nitrogens with zero attached hydrogens (tertiary/aromatic N) is 1. The van der Waals surface area contributed by atoms with Gasteiger partial charge in [-0.15, -0.1) is 0 Å². The molecular weight excluding hydrogens is 388 g/mol. The molecule has 0 fully saturated rings. The number of benzene rings is 2. The van der Waals surface area contributed by atoms with E-state index in [1.807, 2.05) is 6.07 Å². The number of hydrogen-bond donors (Lipinski definition) is 1. The largest absolute Gasteiger partial charge is 0.280 e. The number of nitrogens with one attached hydrogen (secondary N) is 1. The zero-order valence-corrected chi connectivity index (χ0v) is 14.6. The molecule has 0 heterocycles. The van der Waals surface area contributed by atoms with E-state index in [4.69, 9.17) is 5.26 Å². The third-order valence-electron chi connectivity index (χ3n) is 2.79. The summed E-state index contributed by atoms with van der Waals surface area (Å²) in [4.78, 5) is 0.391. The maximum atomic E-state index is 12.5. The van der Waals surface area contributed by atoms with Crippen LogP contribution in [0.25, 0.3) is 0 Å². The molecule has 0 saturated heterocycles. The molecule has 0 aliphatic rings. The lowest BCUT2D eigenvalue weighted by Gasteiger charge is -2.10. The van der Waals surface area contributed by atoms with Gasteiger partial charge in [0.25, 0.3) is 10.0 Å². The summed E-state index contributed by atoms with van der Waals surface area (Å²) in [7, 11) is -5.14. The second-order valence-electron chi connectivity index (χ2n) is 4.31. The fraction of sp³-hybridized carbons (Fsp3) is 0.0714. The molecule has 0 radical (unpaired) electrons. The molecule has 1 N–H and O–H groups in total. The van der Waals surface area contributed by atoms with Crippen LogP contribution in [0.4, 0.5) is 5.69 Å². The molecule has 2 aromatic carbocycles. The van der Waals surface area contributed by atoms with E-state index in [9.17, 15) is 12.6 Å². The molecule has 0 bridgehead atoms. The Morgan fingerprint density at radius 1 is 1.23 bits per heavy atom. The van der Waals surface area contributed by atoms with Crippen LogP contribution in [0, 0.1) is 11.3 Å². The summed E-state index contributed by atoms with van der Waals surface area (Å²) in [6, 6.07) is 12.7. The fourth-order valence-electron chi connectivity index (χ4n) is 1.79. The summed E-state index contributed by atoms with van der Waals surface area (Å²) in [5, 5.41) is 9.13. The first kappa shape index (κ1) is 16.7. The Morgan fingerprint density at radius 3 is 2.55 bits per heavy atom. The van der Waals surface area contributed by atoms with Crippen LogP contribution in [0.15, 0.2) is 56.7 Å². The summed E-state index contributed by atoms with van der Waals surface area (Å²) in [5.41, 5.74) is 0.321. The fourth-order valence-corrected chi connectivity index (χ4v) is 4.16. The van der Waals surface area contributed by atoms with Crippen molar-refractivity contribution in [1.29, 1.82) is 5.26 Å². The molecular formula is C14H11BrN2O3S2. The molecule has 114 valence electrons. The minimum atomic E-state index is -3.92. The lowest BCUT2D eigenvalue weighted by Crippen LogP contribution is -2.14. The van der Waals surface area contributed by atoms with Gasteiger partial charge >= 0.3 is 0 Å². The van der Waals surface area contributed by atoms with E-state index < -0.39 is 20.8 Å². The number of sulfonamides is 1. The van der Waals surface area contributed by atoms with Crippen LogP contribution in [-0.4, -0.2) is 18.9 Å². The van der Waals surface area contributed by atoms with Crippen molar-refractivity contribution in [3.05, 3.63) is 52.5 Å². The van der Waals surface area contributed by atoms with E-state index in [0.717, 1.165) is 0 Å². The Labute approximate surface area is 139 Å². The normalized spacial score (nSPS) is 12.4. The molecule has 0 unspecified atom stereocenters. The highest BCUT2D eigenvalue weighted by atomic mass is 79.9. The minimum absolute atomic E-state index is 0.0326. The molecule has 0 amide bonds. The van der Waals surface area contributed by atoms with E-state index in [1.54, 1.807) is 24.3 Å². The maximum Gasteiger partial charge on any atom is 0.263 e. The third-order valence-corrected chi connectivity index (χ3v) is 5.80. The summed E-state index contributed by atoms with van der Waals surface area (Å²) in [5.74, 6) is 0. The average molecular weight is 399 g/mol. The SMILES string of the molecule is C[S@@](=O)c1cccc(NS(=O)(=O)c2cccc(Br)c2C#N)c1. The maximum absolute atomic E-state index is 12.5.